The maximum atomic E-state index is 13.1. The first-order valence-corrected chi connectivity index (χ1v) is 12.3. The summed E-state index contributed by atoms with van der Waals surface area (Å²) in [6.07, 6.45) is 8.07. The van der Waals surface area contributed by atoms with Crippen molar-refractivity contribution in [2.24, 2.45) is 5.92 Å². The Hall–Kier alpha value is -3.11. The first-order chi connectivity index (χ1) is 16.6. The number of halogens is 1. The van der Waals surface area contributed by atoms with Crippen LogP contribution in [0.4, 0.5) is 11.5 Å². The van der Waals surface area contributed by atoms with Crippen LogP contribution in [-0.2, 0) is 11.3 Å². The highest BCUT2D eigenvalue weighted by Crippen LogP contribution is 2.35. The zero-order chi connectivity index (χ0) is 23.7. The zero-order valence-corrected chi connectivity index (χ0v) is 19.7. The highest BCUT2D eigenvalue weighted by Gasteiger charge is 2.36. The molecule has 7 nitrogen and oxygen atoms in total. The molecule has 1 aliphatic carbocycles. The molecule has 34 heavy (non-hydrogen) atoms. The van der Waals surface area contributed by atoms with E-state index in [1.807, 2.05) is 4.90 Å². The van der Waals surface area contributed by atoms with Crippen LogP contribution in [-0.4, -0.2) is 47.3 Å². The lowest BCUT2D eigenvalue weighted by molar-refractivity contribution is -0.111. The van der Waals surface area contributed by atoms with Crippen molar-refractivity contribution in [3.8, 4) is 5.75 Å². The third-order valence-electron chi connectivity index (χ3n) is 7.29. The number of fused-ring (bicyclic) bond motifs is 1. The number of anilines is 1. The molecule has 8 heteroatoms. The zero-order valence-electron chi connectivity index (χ0n) is 19.0. The quantitative estimate of drug-likeness (QED) is 0.444. The normalized spacial score (nSPS) is 22.9. The van der Waals surface area contributed by atoms with Crippen LogP contribution in [0.1, 0.15) is 54.4 Å². The van der Waals surface area contributed by atoms with E-state index in [-0.39, 0.29) is 24.0 Å². The minimum absolute atomic E-state index is 0.0691. The third kappa shape index (κ3) is 4.47. The maximum Gasteiger partial charge on any atom is 0.256 e. The van der Waals surface area contributed by atoms with Crippen molar-refractivity contribution < 1.29 is 14.3 Å². The Morgan fingerprint density at radius 3 is 2.56 bits per heavy atom. The summed E-state index contributed by atoms with van der Waals surface area (Å²) in [6.45, 7) is 9.37. The lowest BCUT2D eigenvalue weighted by atomic mass is 9.92. The molecule has 3 aliphatic rings. The van der Waals surface area contributed by atoms with Crippen molar-refractivity contribution in [1.29, 1.82) is 0 Å². The second kappa shape index (κ2) is 9.63. The van der Waals surface area contributed by atoms with Crippen LogP contribution in [0, 0.1) is 12.5 Å². The molecule has 1 aromatic carbocycles. The van der Waals surface area contributed by atoms with Gasteiger partial charge >= 0.3 is 0 Å². The number of amides is 1. The van der Waals surface area contributed by atoms with Gasteiger partial charge in [-0.25, -0.2) is 9.83 Å². The highest BCUT2D eigenvalue weighted by molar-refractivity contribution is 6.33. The number of aromatic nitrogens is 1. The van der Waals surface area contributed by atoms with E-state index >= 15 is 0 Å². The number of benzene rings is 1. The van der Waals surface area contributed by atoms with Gasteiger partial charge in [-0.05, 0) is 62.3 Å². The Kier molecular flexibility index (Phi) is 6.42. The van der Waals surface area contributed by atoms with Crippen LogP contribution in [0.5, 0.6) is 5.75 Å². The molecule has 1 saturated heterocycles. The molecule has 0 unspecified atom stereocenters. The second-order valence-corrected chi connectivity index (χ2v) is 9.77. The van der Waals surface area contributed by atoms with Crippen LogP contribution >= 0.6 is 11.6 Å². The van der Waals surface area contributed by atoms with Crippen molar-refractivity contribution in [1.82, 2.24) is 9.88 Å². The van der Waals surface area contributed by atoms with Gasteiger partial charge in [0.25, 0.3) is 5.91 Å². The molecule has 2 fully saturated rings. The van der Waals surface area contributed by atoms with Crippen LogP contribution in [0.15, 0.2) is 30.5 Å². The number of rotatable bonds is 5. The number of hydrogen-bond donors (Lipinski definition) is 0. The van der Waals surface area contributed by atoms with Gasteiger partial charge in [0.05, 0.1) is 23.3 Å². The molecule has 176 valence electrons. The number of carbonyl (C=O) groups is 2. The molecule has 3 heterocycles. The molecule has 0 atom stereocenters. The Morgan fingerprint density at radius 2 is 1.88 bits per heavy atom. The maximum absolute atomic E-state index is 13.1. The molecule has 0 bridgehead atoms. The first-order valence-electron chi connectivity index (χ1n) is 11.9. The molecular weight excluding hydrogens is 452 g/mol. The standard InChI is InChI=1S/C26H27ClN4O3/c1-28-24-7-6-21(13-23(24)27)34-20-4-2-19(3-5-20)31-15-18-12-25(29-14-22(18)26(31)33)30-10-8-17(16-32)9-11-30/h6-7,12-14,16-17,19-20H,2-5,8-11,15H2. The van der Waals surface area contributed by atoms with E-state index in [9.17, 15) is 9.59 Å². The van der Waals surface area contributed by atoms with Gasteiger partial charge in [-0.3, -0.25) is 4.79 Å². The summed E-state index contributed by atoms with van der Waals surface area (Å²) in [6, 6.07) is 7.42. The summed E-state index contributed by atoms with van der Waals surface area (Å²) in [7, 11) is 0. The van der Waals surface area contributed by atoms with E-state index in [1.165, 1.54) is 0 Å². The number of pyridine rings is 1. The predicted molar refractivity (Wildman–Crippen MR) is 129 cm³/mol. The molecule has 5 rings (SSSR count). The van der Waals surface area contributed by atoms with Gasteiger partial charge in [0.2, 0.25) is 5.69 Å². The van der Waals surface area contributed by atoms with Gasteiger partial charge in [-0.15, -0.1) is 0 Å². The summed E-state index contributed by atoms with van der Waals surface area (Å²) in [5.41, 5.74) is 2.17. The molecule has 1 aromatic heterocycles. The number of nitrogens with zero attached hydrogens (tertiary/aromatic N) is 4. The Bertz CT molecular complexity index is 1130. The fourth-order valence-corrected chi connectivity index (χ4v) is 5.48. The molecule has 0 N–H and O–H groups in total. The van der Waals surface area contributed by atoms with Gasteiger partial charge in [-0.2, -0.15) is 0 Å². The third-order valence-corrected chi connectivity index (χ3v) is 7.59. The van der Waals surface area contributed by atoms with Gasteiger partial charge in [0.15, 0.2) is 0 Å². The summed E-state index contributed by atoms with van der Waals surface area (Å²) in [5, 5.41) is 0.405. The van der Waals surface area contributed by atoms with Crippen molar-refractivity contribution in [2.75, 3.05) is 18.0 Å². The number of aldehydes is 1. The topological polar surface area (TPSA) is 67.1 Å². The Balaban J connectivity index is 1.18. The molecule has 0 radical (unpaired) electrons. The molecule has 1 amide bonds. The number of carbonyl (C=O) groups excluding carboxylic acids is 2. The van der Waals surface area contributed by atoms with Crippen molar-refractivity contribution in [2.45, 2.75) is 57.2 Å². The van der Waals surface area contributed by atoms with Crippen LogP contribution < -0.4 is 9.64 Å². The monoisotopic (exact) mass is 478 g/mol. The fraction of sp³-hybridized carbons (Fsp3) is 0.462. The van der Waals surface area contributed by atoms with Crippen LogP contribution in [0.3, 0.4) is 0 Å². The van der Waals surface area contributed by atoms with Gasteiger partial charge in [0.1, 0.15) is 17.9 Å². The number of hydrogen-bond acceptors (Lipinski definition) is 5. The first kappa shape index (κ1) is 22.7. The minimum atomic E-state index is 0.0691. The lowest BCUT2D eigenvalue weighted by Gasteiger charge is -2.34. The van der Waals surface area contributed by atoms with Crippen molar-refractivity contribution in [3.63, 3.8) is 0 Å². The van der Waals surface area contributed by atoms with E-state index < -0.39 is 0 Å². The van der Waals surface area contributed by atoms with E-state index in [4.69, 9.17) is 22.9 Å². The van der Waals surface area contributed by atoms with Crippen LogP contribution in [0.25, 0.3) is 4.85 Å². The van der Waals surface area contributed by atoms with Crippen molar-refractivity contribution >= 4 is 35.3 Å². The summed E-state index contributed by atoms with van der Waals surface area (Å²) in [5.74, 6) is 1.80. The smallest absolute Gasteiger partial charge is 0.256 e. The largest absolute Gasteiger partial charge is 0.490 e. The van der Waals surface area contributed by atoms with E-state index in [2.05, 4.69) is 20.8 Å². The number of piperidine rings is 1. The average molecular weight is 479 g/mol. The lowest BCUT2D eigenvalue weighted by Crippen LogP contribution is -2.40. The summed E-state index contributed by atoms with van der Waals surface area (Å²) in [4.78, 5) is 36.3. The van der Waals surface area contributed by atoms with Crippen molar-refractivity contribution in [3.05, 3.63) is 58.0 Å². The highest BCUT2D eigenvalue weighted by atomic mass is 35.5. The molecule has 2 aromatic rings. The van der Waals surface area contributed by atoms with Gasteiger partial charge < -0.3 is 19.3 Å². The van der Waals surface area contributed by atoms with E-state index in [1.54, 1.807) is 24.4 Å². The Labute approximate surface area is 204 Å². The average Bonchev–Trinajstić information content (AvgIpc) is 3.20. The van der Waals surface area contributed by atoms with Gasteiger partial charge in [-0.1, -0.05) is 17.7 Å². The minimum Gasteiger partial charge on any atom is -0.490 e. The predicted octanol–water partition coefficient (Wildman–Crippen LogP) is 5.05. The molecule has 1 saturated carbocycles. The molecule has 0 spiro atoms. The second-order valence-electron chi connectivity index (χ2n) is 9.37. The van der Waals surface area contributed by atoms with Crippen LogP contribution in [0.2, 0.25) is 5.02 Å². The van der Waals surface area contributed by atoms with E-state index in [0.717, 1.165) is 69.3 Å². The number of ether oxygens (including phenoxy) is 1. The SMILES string of the molecule is [C-]#[N+]c1ccc(OC2CCC(N3Cc4cc(N5CCC(C=O)CC5)ncc4C3=O)CC2)cc1Cl. The Morgan fingerprint density at radius 1 is 1.12 bits per heavy atom. The summed E-state index contributed by atoms with van der Waals surface area (Å²) >= 11 is 6.13. The summed E-state index contributed by atoms with van der Waals surface area (Å²) < 4.78 is 6.11. The molecular formula is C26H27ClN4O3. The van der Waals surface area contributed by atoms with Gasteiger partial charge in [0, 0.05) is 37.8 Å². The fourth-order valence-electron chi connectivity index (χ4n) is 5.27. The molecule has 2 aliphatic heterocycles. The van der Waals surface area contributed by atoms with E-state index in [0.29, 0.717) is 28.6 Å².